The molecule has 1 aliphatic carbocycles. The summed E-state index contributed by atoms with van der Waals surface area (Å²) in [6.07, 6.45) is 5.43. The summed E-state index contributed by atoms with van der Waals surface area (Å²) in [5.74, 6) is -0.790. The van der Waals surface area contributed by atoms with Crippen molar-refractivity contribution in [2.75, 3.05) is 19.6 Å². The molecule has 3 N–H and O–H groups in total. The third-order valence-electron chi connectivity index (χ3n) is 6.27. The van der Waals surface area contributed by atoms with E-state index in [1.165, 1.54) is 44.3 Å². The van der Waals surface area contributed by atoms with Gasteiger partial charge in [-0.1, -0.05) is 42.5 Å². The van der Waals surface area contributed by atoms with Gasteiger partial charge in [0.25, 0.3) is 5.91 Å². The van der Waals surface area contributed by atoms with Crippen LogP contribution in [0, 0.1) is 0 Å². The van der Waals surface area contributed by atoms with Crippen molar-refractivity contribution in [3.63, 3.8) is 0 Å². The van der Waals surface area contributed by atoms with Crippen LogP contribution in [0.15, 0.2) is 54.6 Å². The lowest BCUT2D eigenvalue weighted by atomic mass is 9.94. The van der Waals surface area contributed by atoms with Crippen molar-refractivity contribution in [3.05, 3.63) is 71.3 Å². The maximum Gasteiger partial charge on any atom is 0.251 e. The Labute approximate surface area is 172 Å². The number of hydrogen-bond donors (Lipinski definition) is 2. The second-order valence-corrected chi connectivity index (χ2v) is 8.46. The van der Waals surface area contributed by atoms with Crippen LogP contribution in [0.25, 0.3) is 0 Å². The number of likely N-dealkylation sites (tertiary alicyclic amines) is 1. The van der Waals surface area contributed by atoms with Crippen molar-refractivity contribution in [2.24, 2.45) is 5.73 Å². The molecule has 0 radical (unpaired) electrons. The Kier molecular flexibility index (Phi) is 5.67. The van der Waals surface area contributed by atoms with Gasteiger partial charge in [0.15, 0.2) is 0 Å². The summed E-state index contributed by atoms with van der Waals surface area (Å²) in [7, 11) is 0. The monoisotopic (exact) mass is 391 g/mol. The van der Waals surface area contributed by atoms with Gasteiger partial charge in [-0.15, -0.1) is 0 Å². The lowest BCUT2D eigenvalue weighted by Gasteiger charge is -2.23. The zero-order chi connectivity index (χ0) is 20.3. The smallest absolute Gasteiger partial charge is 0.251 e. The average Bonchev–Trinajstić information content (AvgIpc) is 3.33. The summed E-state index contributed by atoms with van der Waals surface area (Å²) in [5, 5.41) is 2.79. The van der Waals surface area contributed by atoms with Gasteiger partial charge in [-0.05, 0) is 62.0 Å². The van der Waals surface area contributed by atoms with E-state index < -0.39 is 11.9 Å². The largest absolute Gasteiger partial charge is 0.368 e. The van der Waals surface area contributed by atoms with E-state index in [4.69, 9.17) is 5.73 Å². The molecule has 2 amide bonds. The highest BCUT2D eigenvalue weighted by molar-refractivity contribution is 5.97. The minimum Gasteiger partial charge on any atom is -0.368 e. The fourth-order valence-electron chi connectivity index (χ4n) is 4.35. The van der Waals surface area contributed by atoms with Crippen LogP contribution in [-0.4, -0.2) is 42.4 Å². The molecule has 2 fully saturated rings. The maximum absolute atomic E-state index is 12.7. The molecule has 2 aromatic rings. The summed E-state index contributed by atoms with van der Waals surface area (Å²) in [6, 6.07) is 16.7. The lowest BCUT2D eigenvalue weighted by molar-refractivity contribution is -0.119. The van der Waals surface area contributed by atoms with E-state index in [2.05, 4.69) is 22.3 Å². The van der Waals surface area contributed by atoms with E-state index in [-0.39, 0.29) is 11.3 Å². The zero-order valence-electron chi connectivity index (χ0n) is 16.8. The Morgan fingerprint density at radius 3 is 2.24 bits per heavy atom. The Balaban J connectivity index is 1.40. The highest BCUT2D eigenvalue weighted by Crippen LogP contribution is 2.49. The third kappa shape index (κ3) is 4.67. The maximum atomic E-state index is 12.7. The summed E-state index contributed by atoms with van der Waals surface area (Å²) >= 11 is 0. The number of primary amides is 1. The van der Waals surface area contributed by atoms with Gasteiger partial charge in [0, 0.05) is 23.9 Å². The van der Waals surface area contributed by atoms with Gasteiger partial charge in [0.05, 0.1) is 0 Å². The molecule has 2 aromatic carbocycles. The molecule has 152 valence electrons. The van der Waals surface area contributed by atoms with E-state index in [1.54, 1.807) is 0 Å². The third-order valence-corrected chi connectivity index (χ3v) is 6.27. The summed E-state index contributed by atoms with van der Waals surface area (Å²) in [6.45, 7) is 3.54. The van der Waals surface area contributed by atoms with Crippen LogP contribution in [-0.2, 0) is 16.6 Å². The second-order valence-electron chi connectivity index (χ2n) is 8.46. The molecule has 1 saturated heterocycles. The summed E-state index contributed by atoms with van der Waals surface area (Å²) in [5.41, 5.74) is 8.63. The number of benzene rings is 2. The molecular weight excluding hydrogens is 362 g/mol. The van der Waals surface area contributed by atoms with E-state index >= 15 is 0 Å². The highest BCUT2D eigenvalue weighted by Gasteiger charge is 2.45. The first kappa shape index (κ1) is 19.6. The van der Waals surface area contributed by atoms with E-state index in [0.717, 1.165) is 12.1 Å². The Morgan fingerprint density at radius 1 is 1.00 bits per heavy atom. The van der Waals surface area contributed by atoms with Crippen LogP contribution < -0.4 is 11.1 Å². The SMILES string of the molecule is NC(=O)C(Cc1ccccc1)NC(=O)c1ccc(C2(CN3CCCC3)CC2)cc1. The van der Waals surface area contributed by atoms with Crippen LogP contribution in [0.5, 0.6) is 0 Å². The topological polar surface area (TPSA) is 75.4 Å². The minimum absolute atomic E-state index is 0.263. The van der Waals surface area contributed by atoms with Gasteiger partial charge in [-0.3, -0.25) is 9.59 Å². The van der Waals surface area contributed by atoms with Crippen LogP contribution in [0.1, 0.15) is 47.2 Å². The number of nitrogens with two attached hydrogens (primary N) is 1. The lowest BCUT2D eigenvalue weighted by Crippen LogP contribution is -2.45. The molecule has 0 spiro atoms. The van der Waals surface area contributed by atoms with Crippen molar-refractivity contribution in [3.8, 4) is 0 Å². The molecule has 4 rings (SSSR count). The number of carbonyl (C=O) groups is 2. The number of rotatable bonds is 8. The Hall–Kier alpha value is -2.66. The first-order valence-electron chi connectivity index (χ1n) is 10.5. The number of carbonyl (C=O) groups excluding carboxylic acids is 2. The first-order valence-corrected chi connectivity index (χ1v) is 10.5. The van der Waals surface area contributed by atoms with Crippen molar-refractivity contribution in [2.45, 2.75) is 43.6 Å². The van der Waals surface area contributed by atoms with E-state index in [0.29, 0.717) is 12.0 Å². The van der Waals surface area contributed by atoms with Crippen molar-refractivity contribution in [1.82, 2.24) is 10.2 Å². The Bertz CT molecular complexity index is 853. The summed E-state index contributed by atoms with van der Waals surface area (Å²) < 4.78 is 0. The van der Waals surface area contributed by atoms with Crippen LogP contribution in [0.3, 0.4) is 0 Å². The number of hydrogen-bond acceptors (Lipinski definition) is 3. The average molecular weight is 392 g/mol. The number of nitrogens with zero attached hydrogens (tertiary/aromatic N) is 1. The number of nitrogens with one attached hydrogen (secondary N) is 1. The number of amides is 2. The van der Waals surface area contributed by atoms with Gasteiger partial charge < -0.3 is 16.0 Å². The summed E-state index contributed by atoms with van der Waals surface area (Å²) in [4.78, 5) is 27.1. The molecule has 1 unspecified atom stereocenters. The molecule has 1 aliphatic heterocycles. The Morgan fingerprint density at radius 2 is 1.66 bits per heavy atom. The van der Waals surface area contributed by atoms with Crippen molar-refractivity contribution < 1.29 is 9.59 Å². The van der Waals surface area contributed by atoms with Gasteiger partial charge in [-0.2, -0.15) is 0 Å². The van der Waals surface area contributed by atoms with Gasteiger partial charge in [-0.25, -0.2) is 0 Å². The molecule has 2 aliphatic rings. The van der Waals surface area contributed by atoms with Gasteiger partial charge in [0.1, 0.15) is 6.04 Å². The molecule has 1 atom stereocenters. The molecule has 29 heavy (non-hydrogen) atoms. The highest BCUT2D eigenvalue weighted by atomic mass is 16.2. The van der Waals surface area contributed by atoms with E-state index in [9.17, 15) is 9.59 Å². The molecule has 1 heterocycles. The van der Waals surface area contributed by atoms with Crippen LogP contribution in [0.2, 0.25) is 0 Å². The first-order chi connectivity index (χ1) is 14.1. The van der Waals surface area contributed by atoms with Gasteiger partial charge >= 0.3 is 0 Å². The molecule has 0 aromatic heterocycles. The molecule has 5 nitrogen and oxygen atoms in total. The zero-order valence-corrected chi connectivity index (χ0v) is 16.8. The van der Waals surface area contributed by atoms with Crippen LogP contribution >= 0.6 is 0 Å². The normalized spacial score (nSPS) is 18.9. The standard InChI is InChI=1S/C24H29N3O2/c25-22(28)21(16-18-6-2-1-3-7-18)26-23(29)19-8-10-20(11-9-19)24(12-13-24)17-27-14-4-5-15-27/h1-3,6-11,21H,4-5,12-17H2,(H2,25,28)(H,26,29). The fraction of sp³-hybridized carbons (Fsp3) is 0.417. The van der Waals surface area contributed by atoms with E-state index in [1.807, 2.05) is 42.5 Å². The minimum atomic E-state index is -0.727. The predicted octanol–water partition coefficient (Wildman–Crippen LogP) is 2.64. The molecule has 1 saturated carbocycles. The van der Waals surface area contributed by atoms with Gasteiger partial charge in [0.2, 0.25) is 5.91 Å². The molecule has 0 bridgehead atoms. The quantitative estimate of drug-likeness (QED) is 0.726. The van der Waals surface area contributed by atoms with Crippen LogP contribution in [0.4, 0.5) is 0 Å². The molecule has 5 heteroatoms. The van der Waals surface area contributed by atoms with Crippen molar-refractivity contribution >= 4 is 11.8 Å². The fourth-order valence-corrected chi connectivity index (χ4v) is 4.35. The van der Waals surface area contributed by atoms with Crippen molar-refractivity contribution in [1.29, 1.82) is 0 Å². The second kappa shape index (κ2) is 8.37. The molecular formula is C24H29N3O2. The predicted molar refractivity (Wildman–Crippen MR) is 114 cm³/mol.